The van der Waals surface area contributed by atoms with Gasteiger partial charge in [-0.05, 0) is 39.0 Å². The Morgan fingerprint density at radius 2 is 1.90 bits per heavy atom. The summed E-state index contributed by atoms with van der Waals surface area (Å²) in [5, 5.41) is 10.6. The van der Waals surface area contributed by atoms with Gasteiger partial charge < -0.3 is 10.4 Å². The molecule has 1 aromatic carbocycles. The van der Waals surface area contributed by atoms with E-state index in [1.165, 1.54) is 13.0 Å². The Hall–Kier alpha value is -1.76. The lowest BCUT2D eigenvalue weighted by molar-refractivity contribution is -0.120. The molecule has 0 saturated carbocycles. The van der Waals surface area contributed by atoms with E-state index in [1.54, 1.807) is 13.8 Å². The number of aromatic carboxylic acids is 1. The van der Waals surface area contributed by atoms with Gasteiger partial charge in [0.25, 0.3) is 0 Å². The van der Waals surface area contributed by atoms with Crippen molar-refractivity contribution in [3.8, 4) is 0 Å². The van der Waals surface area contributed by atoms with E-state index in [0.717, 1.165) is 12.1 Å². The highest BCUT2D eigenvalue weighted by Gasteiger charge is 2.23. The molecule has 0 bridgehead atoms. The van der Waals surface area contributed by atoms with Gasteiger partial charge in [0.1, 0.15) is 11.1 Å². The topological polar surface area (TPSA) is 83.5 Å². The van der Waals surface area contributed by atoms with Gasteiger partial charge >= 0.3 is 5.97 Å². The van der Waals surface area contributed by atoms with E-state index in [2.05, 4.69) is 5.32 Å². The van der Waals surface area contributed by atoms with Gasteiger partial charge in [0.2, 0.25) is 5.91 Å². The minimum atomic E-state index is -1.75. The Balaban J connectivity index is 3.00. The van der Waals surface area contributed by atoms with Crippen molar-refractivity contribution in [1.82, 2.24) is 5.32 Å². The van der Waals surface area contributed by atoms with Crippen molar-refractivity contribution >= 4 is 22.7 Å². The summed E-state index contributed by atoms with van der Waals surface area (Å²) in [7, 11) is -1.75. The van der Waals surface area contributed by atoms with E-state index in [-0.39, 0.29) is 10.9 Å². The Bertz CT molecular complexity index is 559. The molecule has 1 aromatic rings. The number of hydrogen-bond acceptors (Lipinski definition) is 3. The Kier molecular flexibility index (Phi) is 5.38. The molecular weight excluding hydrogens is 285 g/mol. The standard InChI is InChI=1S/C13H16FNO4S/c1-7(2)15-12(16)8(3)20(19)9-4-5-11(14)10(6-9)13(17)18/h4-8H,1-3H3,(H,15,16)(H,17,18). The van der Waals surface area contributed by atoms with E-state index < -0.39 is 39.3 Å². The molecule has 0 aliphatic carbocycles. The number of carbonyl (C=O) groups is 2. The van der Waals surface area contributed by atoms with Gasteiger partial charge in [0, 0.05) is 10.9 Å². The average Bonchev–Trinajstić information content (AvgIpc) is 2.36. The third kappa shape index (κ3) is 3.86. The predicted octanol–water partition coefficient (Wildman–Crippen LogP) is 1.54. The molecule has 110 valence electrons. The first-order chi connectivity index (χ1) is 9.23. The number of carbonyl (C=O) groups excluding carboxylic acids is 1. The van der Waals surface area contributed by atoms with Gasteiger partial charge in [-0.1, -0.05) is 0 Å². The zero-order chi connectivity index (χ0) is 15.4. The van der Waals surface area contributed by atoms with Gasteiger partial charge in [-0.25, -0.2) is 9.18 Å². The SMILES string of the molecule is CC(C)NC(=O)C(C)S(=O)c1ccc(F)c(C(=O)O)c1. The lowest BCUT2D eigenvalue weighted by Crippen LogP contribution is -2.39. The highest BCUT2D eigenvalue weighted by atomic mass is 32.2. The lowest BCUT2D eigenvalue weighted by atomic mass is 10.2. The van der Waals surface area contributed by atoms with Gasteiger partial charge in [0.05, 0.1) is 16.4 Å². The Morgan fingerprint density at radius 1 is 1.30 bits per heavy atom. The van der Waals surface area contributed by atoms with Gasteiger partial charge in [-0.3, -0.25) is 9.00 Å². The van der Waals surface area contributed by atoms with Crippen molar-refractivity contribution in [3.63, 3.8) is 0 Å². The van der Waals surface area contributed by atoms with Crippen molar-refractivity contribution in [2.45, 2.75) is 37.0 Å². The summed E-state index contributed by atoms with van der Waals surface area (Å²) in [4.78, 5) is 22.7. The molecule has 2 N–H and O–H groups in total. The molecule has 0 radical (unpaired) electrons. The first kappa shape index (κ1) is 16.3. The van der Waals surface area contributed by atoms with E-state index in [1.807, 2.05) is 0 Å². The summed E-state index contributed by atoms with van der Waals surface area (Å²) >= 11 is 0. The summed E-state index contributed by atoms with van der Waals surface area (Å²) < 4.78 is 25.4. The molecule has 5 nitrogen and oxygen atoms in total. The van der Waals surface area contributed by atoms with Crippen molar-refractivity contribution < 1.29 is 23.3 Å². The van der Waals surface area contributed by atoms with Crippen LogP contribution in [-0.2, 0) is 15.6 Å². The first-order valence-electron chi connectivity index (χ1n) is 5.97. The zero-order valence-electron chi connectivity index (χ0n) is 11.3. The van der Waals surface area contributed by atoms with Crippen molar-refractivity contribution in [3.05, 3.63) is 29.6 Å². The summed E-state index contributed by atoms with van der Waals surface area (Å²) in [6, 6.07) is 3.05. The zero-order valence-corrected chi connectivity index (χ0v) is 12.2. The number of hydrogen-bond donors (Lipinski definition) is 2. The van der Waals surface area contributed by atoms with Gasteiger partial charge in [0.15, 0.2) is 0 Å². The van der Waals surface area contributed by atoms with E-state index in [4.69, 9.17) is 5.11 Å². The summed E-state index contributed by atoms with van der Waals surface area (Å²) in [5.74, 6) is -2.75. The maximum Gasteiger partial charge on any atom is 0.338 e. The Labute approximate surface area is 118 Å². The Morgan fingerprint density at radius 3 is 2.40 bits per heavy atom. The quantitative estimate of drug-likeness (QED) is 0.864. The van der Waals surface area contributed by atoms with Crippen LogP contribution in [0.5, 0.6) is 0 Å². The maximum absolute atomic E-state index is 13.3. The van der Waals surface area contributed by atoms with Crippen LogP contribution in [-0.4, -0.2) is 32.5 Å². The van der Waals surface area contributed by atoms with Crippen LogP contribution in [0.2, 0.25) is 0 Å². The predicted molar refractivity (Wildman–Crippen MR) is 72.5 cm³/mol. The smallest absolute Gasteiger partial charge is 0.338 e. The first-order valence-corrected chi connectivity index (χ1v) is 7.19. The normalized spacial score (nSPS) is 13.8. The third-order valence-corrected chi connectivity index (χ3v) is 4.10. The number of nitrogens with one attached hydrogen (secondary N) is 1. The largest absolute Gasteiger partial charge is 0.478 e. The fraction of sp³-hybridized carbons (Fsp3) is 0.385. The number of carboxylic acids is 1. The van der Waals surface area contributed by atoms with Crippen LogP contribution in [0, 0.1) is 5.82 Å². The second-order valence-electron chi connectivity index (χ2n) is 4.55. The number of halogens is 1. The van der Waals surface area contributed by atoms with Crippen LogP contribution in [0.4, 0.5) is 4.39 Å². The van der Waals surface area contributed by atoms with E-state index in [0.29, 0.717) is 0 Å². The second kappa shape index (κ2) is 6.60. The molecule has 0 aliphatic heterocycles. The highest BCUT2D eigenvalue weighted by Crippen LogP contribution is 2.17. The molecule has 2 atom stereocenters. The number of rotatable bonds is 5. The lowest BCUT2D eigenvalue weighted by Gasteiger charge is -2.14. The molecule has 1 rings (SSSR count). The molecule has 0 spiro atoms. The average molecular weight is 301 g/mol. The molecule has 2 unspecified atom stereocenters. The molecule has 20 heavy (non-hydrogen) atoms. The van der Waals surface area contributed by atoms with Crippen LogP contribution in [0.3, 0.4) is 0 Å². The molecule has 0 heterocycles. The number of benzene rings is 1. The fourth-order valence-corrected chi connectivity index (χ4v) is 2.60. The molecular formula is C13H16FNO4S. The van der Waals surface area contributed by atoms with E-state index in [9.17, 15) is 18.2 Å². The highest BCUT2D eigenvalue weighted by molar-refractivity contribution is 7.86. The number of carboxylic acid groups (broad SMARTS) is 1. The van der Waals surface area contributed by atoms with E-state index >= 15 is 0 Å². The van der Waals surface area contributed by atoms with Crippen LogP contribution < -0.4 is 5.32 Å². The van der Waals surface area contributed by atoms with Crippen molar-refractivity contribution in [2.75, 3.05) is 0 Å². The summed E-state index contributed by atoms with van der Waals surface area (Å²) in [6.07, 6.45) is 0. The van der Waals surface area contributed by atoms with Gasteiger partial charge in [-0.2, -0.15) is 0 Å². The minimum Gasteiger partial charge on any atom is -0.478 e. The molecule has 0 aliphatic rings. The fourth-order valence-electron chi connectivity index (χ4n) is 1.50. The molecule has 0 aromatic heterocycles. The summed E-state index contributed by atoms with van der Waals surface area (Å²) in [5.41, 5.74) is -0.563. The second-order valence-corrected chi connectivity index (χ2v) is 6.32. The van der Waals surface area contributed by atoms with Crippen molar-refractivity contribution in [1.29, 1.82) is 0 Å². The van der Waals surface area contributed by atoms with Crippen LogP contribution in [0.15, 0.2) is 23.1 Å². The van der Waals surface area contributed by atoms with Crippen molar-refractivity contribution in [2.24, 2.45) is 0 Å². The maximum atomic E-state index is 13.3. The minimum absolute atomic E-state index is 0.0928. The van der Waals surface area contributed by atoms with Crippen LogP contribution >= 0.6 is 0 Å². The molecule has 0 saturated heterocycles. The summed E-state index contributed by atoms with van der Waals surface area (Å²) in [6.45, 7) is 5.01. The monoisotopic (exact) mass is 301 g/mol. The molecule has 7 heteroatoms. The number of amides is 1. The third-order valence-electron chi connectivity index (χ3n) is 2.52. The van der Waals surface area contributed by atoms with Gasteiger partial charge in [-0.15, -0.1) is 0 Å². The molecule has 1 amide bonds. The molecule has 0 fully saturated rings. The van der Waals surface area contributed by atoms with Crippen LogP contribution in [0.25, 0.3) is 0 Å². The van der Waals surface area contributed by atoms with Crippen LogP contribution in [0.1, 0.15) is 31.1 Å².